The Labute approximate surface area is 127 Å². The van der Waals surface area contributed by atoms with Crippen LogP contribution in [0.2, 0.25) is 5.02 Å². The van der Waals surface area contributed by atoms with Crippen LogP contribution in [0.15, 0.2) is 12.1 Å². The fourth-order valence-electron chi connectivity index (χ4n) is 2.35. The number of carbonyl (C=O) groups excluding carboxylic acids is 2. The molecule has 2 aliphatic heterocycles. The van der Waals surface area contributed by atoms with Gasteiger partial charge in [-0.25, -0.2) is 0 Å². The Morgan fingerprint density at radius 3 is 2.90 bits per heavy atom. The molecule has 0 atom stereocenters. The number of nitrogens with one attached hydrogen (secondary N) is 1. The zero-order valence-corrected chi connectivity index (χ0v) is 12.1. The number of fused-ring (bicyclic) bond motifs is 1. The van der Waals surface area contributed by atoms with E-state index >= 15 is 0 Å². The van der Waals surface area contributed by atoms with Gasteiger partial charge in [0, 0.05) is 25.1 Å². The highest BCUT2D eigenvalue weighted by Crippen LogP contribution is 2.38. The maximum atomic E-state index is 12.5. The molecule has 7 heteroatoms. The molecule has 0 aromatic heterocycles. The van der Waals surface area contributed by atoms with Gasteiger partial charge in [-0.1, -0.05) is 11.6 Å². The van der Waals surface area contributed by atoms with E-state index in [4.69, 9.17) is 21.1 Å². The van der Waals surface area contributed by atoms with Gasteiger partial charge in [0.1, 0.15) is 0 Å². The molecule has 0 unspecified atom stereocenters. The highest BCUT2D eigenvalue weighted by molar-refractivity contribution is 6.32. The van der Waals surface area contributed by atoms with Gasteiger partial charge in [-0.05, 0) is 12.1 Å². The average molecular weight is 311 g/mol. The van der Waals surface area contributed by atoms with Gasteiger partial charge < -0.3 is 19.7 Å². The average Bonchev–Trinajstić information content (AvgIpc) is 2.72. The van der Waals surface area contributed by atoms with E-state index in [2.05, 4.69) is 5.32 Å². The van der Waals surface area contributed by atoms with Crippen LogP contribution in [0.5, 0.6) is 11.5 Å². The molecule has 1 fully saturated rings. The largest absolute Gasteiger partial charge is 0.489 e. The summed E-state index contributed by atoms with van der Waals surface area (Å²) in [4.78, 5) is 25.3. The molecule has 2 heterocycles. The van der Waals surface area contributed by atoms with Gasteiger partial charge in [-0.15, -0.1) is 0 Å². The number of nitrogens with zero attached hydrogens (tertiary/aromatic N) is 1. The molecule has 2 amide bonds. The monoisotopic (exact) mass is 310 g/mol. The first-order chi connectivity index (χ1) is 10.1. The number of hydrogen-bond acceptors (Lipinski definition) is 4. The number of ether oxygens (including phenoxy) is 2. The fourth-order valence-corrected chi connectivity index (χ4v) is 2.61. The minimum absolute atomic E-state index is 0.0604. The van der Waals surface area contributed by atoms with Crippen LogP contribution in [0.3, 0.4) is 0 Å². The van der Waals surface area contributed by atoms with Crippen molar-refractivity contribution in [3.05, 3.63) is 22.7 Å². The van der Waals surface area contributed by atoms with Crippen LogP contribution in [-0.2, 0) is 4.79 Å². The van der Waals surface area contributed by atoms with Crippen molar-refractivity contribution in [3.8, 4) is 11.5 Å². The predicted molar refractivity (Wildman–Crippen MR) is 76.0 cm³/mol. The second-order valence-electron chi connectivity index (χ2n) is 4.91. The van der Waals surface area contributed by atoms with Gasteiger partial charge in [0.25, 0.3) is 5.91 Å². The molecule has 112 valence electrons. The number of hydrogen-bond donors (Lipinski definition) is 1. The maximum absolute atomic E-state index is 12.5. The Bertz CT molecular complexity index is 591. The Kier molecular flexibility index (Phi) is 3.88. The first-order valence-electron chi connectivity index (χ1n) is 6.80. The second kappa shape index (κ2) is 5.81. The van der Waals surface area contributed by atoms with E-state index in [1.807, 2.05) is 0 Å². The van der Waals surface area contributed by atoms with E-state index in [9.17, 15) is 9.59 Å². The SMILES string of the molecule is O=C1CN(C(=O)c2cc(Cl)c3c(c2)OCCCO3)CCN1. The molecule has 21 heavy (non-hydrogen) atoms. The van der Waals surface area contributed by atoms with Crippen LogP contribution >= 0.6 is 11.6 Å². The molecule has 1 saturated heterocycles. The first-order valence-corrected chi connectivity index (χ1v) is 7.18. The summed E-state index contributed by atoms with van der Waals surface area (Å²) in [6, 6.07) is 3.19. The lowest BCUT2D eigenvalue weighted by molar-refractivity contribution is -0.123. The van der Waals surface area contributed by atoms with Crippen LogP contribution in [-0.4, -0.2) is 49.6 Å². The molecule has 6 nitrogen and oxygen atoms in total. The Morgan fingerprint density at radius 1 is 1.29 bits per heavy atom. The van der Waals surface area contributed by atoms with Crippen molar-refractivity contribution in [2.24, 2.45) is 0 Å². The van der Waals surface area contributed by atoms with Crippen molar-refractivity contribution in [2.45, 2.75) is 6.42 Å². The van der Waals surface area contributed by atoms with Gasteiger partial charge in [0.15, 0.2) is 11.5 Å². The standard InChI is InChI=1S/C14H15ClN2O4/c15-10-6-9(7-11-13(10)21-5-1-4-20-11)14(19)17-3-2-16-12(18)8-17/h6-7H,1-5,8H2,(H,16,18). The zero-order valence-electron chi connectivity index (χ0n) is 11.4. The van der Waals surface area contributed by atoms with Crippen molar-refractivity contribution >= 4 is 23.4 Å². The summed E-state index contributed by atoms with van der Waals surface area (Å²) in [6.07, 6.45) is 0.764. The van der Waals surface area contributed by atoms with Crippen molar-refractivity contribution in [2.75, 3.05) is 32.8 Å². The summed E-state index contributed by atoms with van der Waals surface area (Å²) in [7, 11) is 0. The minimum atomic E-state index is -0.234. The van der Waals surface area contributed by atoms with Crippen LogP contribution in [0.25, 0.3) is 0 Å². The summed E-state index contributed by atoms with van der Waals surface area (Å²) in [5, 5.41) is 3.03. The summed E-state index contributed by atoms with van der Waals surface area (Å²) < 4.78 is 11.1. The molecule has 3 rings (SSSR count). The molecule has 0 radical (unpaired) electrons. The number of halogens is 1. The van der Waals surface area contributed by atoms with Gasteiger partial charge in [0.2, 0.25) is 5.91 Å². The van der Waals surface area contributed by atoms with Crippen LogP contribution in [0.1, 0.15) is 16.8 Å². The molecule has 0 aliphatic carbocycles. The summed E-state index contributed by atoms with van der Waals surface area (Å²) in [5.74, 6) is 0.560. The molecule has 0 saturated carbocycles. The zero-order chi connectivity index (χ0) is 14.8. The van der Waals surface area contributed by atoms with Gasteiger partial charge >= 0.3 is 0 Å². The van der Waals surface area contributed by atoms with E-state index in [1.54, 1.807) is 12.1 Å². The third-order valence-corrected chi connectivity index (χ3v) is 3.66. The molecular formula is C14H15ClN2O4. The smallest absolute Gasteiger partial charge is 0.254 e. The number of carbonyl (C=O) groups is 2. The van der Waals surface area contributed by atoms with E-state index in [0.29, 0.717) is 48.4 Å². The van der Waals surface area contributed by atoms with Crippen molar-refractivity contribution in [3.63, 3.8) is 0 Å². The quantitative estimate of drug-likeness (QED) is 0.842. The van der Waals surface area contributed by atoms with E-state index in [1.165, 1.54) is 4.90 Å². The first kappa shape index (κ1) is 14.0. The Hall–Kier alpha value is -1.95. The minimum Gasteiger partial charge on any atom is -0.489 e. The summed E-state index contributed by atoms with van der Waals surface area (Å²) >= 11 is 6.18. The molecule has 0 bridgehead atoms. The predicted octanol–water partition coefficient (Wildman–Crippen LogP) is 1.07. The second-order valence-corrected chi connectivity index (χ2v) is 5.32. The number of amides is 2. The number of benzene rings is 1. The Balaban J connectivity index is 1.88. The molecular weight excluding hydrogens is 296 g/mol. The van der Waals surface area contributed by atoms with Crippen LogP contribution in [0.4, 0.5) is 0 Å². The highest BCUT2D eigenvalue weighted by atomic mass is 35.5. The highest BCUT2D eigenvalue weighted by Gasteiger charge is 2.25. The third-order valence-electron chi connectivity index (χ3n) is 3.37. The topological polar surface area (TPSA) is 67.9 Å². The summed E-state index contributed by atoms with van der Waals surface area (Å²) in [6.45, 7) is 2.06. The number of rotatable bonds is 1. The van der Waals surface area contributed by atoms with Crippen LogP contribution < -0.4 is 14.8 Å². The molecule has 1 aromatic rings. The fraction of sp³-hybridized carbons (Fsp3) is 0.429. The van der Waals surface area contributed by atoms with Gasteiger partial charge in [-0.2, -0.15) is 0 Å². The van der Waals surface area contributed by atoms with Gasteiger partial charge in [0.05, 0.1) is 24.8 Å². The molecule has 0 spiro atoms. The van der Waals surface area contributed by atoms with Crippen molar-refractivity contribution in [1.82, 2.24) is 10.2 Å². The third kappa shape index (κ3) is 2.90. The molecule has 1 N–H and O–H groups in total. The lowest BCUT2D eigenvalue weighted by Gasteiger charge is -2.27. The molecule has 1 aromatic carbocycles. The van der Waals surface area contributed by atoms with E-state index in [0.717, 1.165) is 6.42 Å². The van der Waals surface area contributed by atoms with Crippen molar-refractivity contribution in [1.29, 1.82) is 0 Å². The van der Waals surface area contributed by atoms with Gasteiger partial charge in [-0.3, -0.25) is 9.59 Å². The number of piperazine rings is 1. The Morgan fingerprint density at radius 2 is 2.10 bits per heavy atom. The lowest BCUT2D eigenvalue weighted by Crippen LogP contribution is -2.49. The van der Waals surface area contributed by atoms with E-state index in [-0.39, 0.29) is 18.4 Å². The van der Waals surface area contributed by atoms with E-state index < -0.39 is 0 Å². The van der Waals surface area contributed by atoms with Crippen molar-refractivity contribution < 1.29 is 19.1 Å². The molecule has 2 aliphatic rings. The normalized spacial score (nSPS) is 18.0. The summed E-state index contributed by atoms with van der Waals surface area (Å²) in [5.41, 5.74) is 0.402. The lowest BCUT2D eigenvalue weighted by atomic mass is 10.1. The maximum Gasteiger partial charge on any atom is 0.254 e. The van der Waals surface area contributed by atoms with Crippen LogP contribution in [0, 0.1) is 0 Å².